The van der Waals surface area contributed by atoms with Crippen LogP contribution in [-0.4, -0.2) is 48.2 Å². The number of amides is 1. The number of hydrogen-bond acceptors (Lipinski definition) is 3. The standard InChI is InChI=1S/C7H14N2O2/c1-6-4-8-7(11)5-9(6)2-3-10/h6,10H,2-5H2,1H3,(H,8,11)/t6-/m0/s1. The second kappa shape index (κ2) is 3.69. The molecule has 0 unspecified atom stereocenters. The normalized spacial score (nSPS) is 26.7. The number of hydrogen-bond donors (Lipinski definition) is 2. The maximum absolute atomic E-state index is 10.9. The quantitative estimate of drug-likeness (QED) is 0.530. The van der Waals surface area contributed by atoms with Crippen LogP contribution in [0.15, 0.2) is 0 Å². The first-order chi connectivity index (χ1) is 5.24. The van der Waals surface area contributed by atoms with Crippen LogP contribution in [0.25, 0.3) is 0 Å². The van der Waals surface area contributed by atoms with Gasteiger partial charge in [-0.3, -0.25) is 9.69 Å². The summed E-state index contributed by atoms with van der Waals surface area (Å²) in [5.41, 5.74) is 0. The zero-order chi connectivity index (χ0) is 8.27. The van der Waals surface area contributed by atoms with Gasteiger partial charge in [0.2, 0.25) is 5.91 Å². The fraction of sp³-hybridized carbons (Fsp3) is 0.857. The lowest BCUT2D eigenvalue weighted by atomic mass is 10.2. The SMILES string of the molecule is C[C@H]1CNC(=O)CN1CCO. The highest BCUT2D eigenvalue weighted by atomic mass is 16.3. The molecule has 64 valence electrons. The number of carbonyl (C=O) groups is 1. The summed E-state index contributed by atoms with van der Waals surface area (Å²) in [4.78, 5) is 12.8. The zero-order valence-corrected chi connectivity index (χ0v) is 6.71. The first-order valence-corrected chi connectivity index (χ1v) is 3.85. The number of piperazine rings is 1. The van der Waals surface area contributed by atoms with Crippen molar-refractivity contribution in [3.63, 3.8) is 0 Å². The summed E-state index contributed by atoms with van der Waals surface area (Å²) in [5, 5.41) is 11.4. The second-order valence-corrected chi connectivity index (χ2v) is 2.85. The molecule has 1 heterocycles. The van der Waals surface area contributed by atoms with Gasteiger partial charge in [0.05, 0.1) is 13.2 Å². The minimum atomic E-state index is 0.0524. The van der Waals surface area contributed by atoms with Crippen LogP contribution in [0.2, 0.25) is 0 Å². The van der Waals surface area contributed by atoms with Gasteiger partial charge < -0.3 is 10.4 Å². The molecule has 0 bridgehead atoms. The number of β-amino-alcohol motifs (C(OH)–C–C–N with tert-alkyl or cyclic N) is 1. The van der Waals surface area contributed by atoms with Crippen molar-refractivity contribution in [1.82, 2.24) is 10.2 Å². The maximum Gasteiger partial charge on any atom is 0.234 e. The summed E-state index contributed by atoms with van der Waals surface area (Å²) >= 11 is 0. The van der Waals surface area contributed by atoms with Gasteiger partial charge in [0.15, 0.2) is 0 Å². The van der Waals surface area contributed by atoms with Crippen LogP contribution < -0.4 is 5.32 Å². The Kier molecular flexibility index (Phi) is 2.84. The van der Waals surface area contributed by atoms with E-state index in [1.807, 2.05) is 11.8 Å². The molecule has 1 rings (SSSR count). The van der Waals surface area contributed by atoms with E-state index in [-0.39, 0.29) is 12.5 Å². The van der Waals surface area contributed by atoms with Crippen LogP contribution in [0.3, 0.4) is 0 Å². The van der Waals surface area contributed by atoms with Gasteiger partial charge in [-0.15, -0.1) is 0 Å². The van der Waals surface area contributed by atoms with E-state index >= 15 is 0 Å². The van der Waals surface area contributed by atoms with E-state index in [1.54, 1.807) is 0 Å². The molecule has 0 spiro atoms. The highest BCUT2D eigenvalue weighted by Crippen LogP contribution is 2.01. The predicted octanol–water partition coefficient (Wildman–Crippen LogP) is -1.20. The largest absolute Gasteiger partial charge is 0.395 e. The maximum atomic E-state index is 10.9. The predicted molar refractivity (Wildman–Crippen MR) is 41.1 cm³/mol. The molecule has 11 heavy (non-hydrogen) atoms. The van der Waals surface area contributed by atoms with E-state index in [0.717, 1.165) is 0 Å². The first kappa shape index (κ1) is 8.49. The van der Waals surface area contributed by atoms with Gasteiger partial charge in [-0.25, -0.2) is 0 Å². The van der Waals surface area contributed by atoms with Gasteiger partial charge in [-0.1, -0.05) is 0 Å². The third-order valence-electron chi connectivity index (χ3n) is 1.95. The number of carbonyl (C=O) groups excluding carboxylic acids is 1. The lowest BCUT2D eigenvalue weighted by molar-refractivity contribution is -0.125. The molecule has 0 saturated carbocycles. The van der Waals surface area contributed by atoms with Crippen molar-refractivity contribution >= 4 is 5.91 Å². The van der Waals surface area contributed by atoms with Crippen LogP contribution in [0.1, 0.15) is 6.92 Å². The molecular formula is C7H14N2O2. The molecule has 1 saturated heterocycles. The molecule has 1 fully saturated rings. The minimum Gasteiger partial charge on any atom is -0.395 e. The van der Waals surface area contributed by atoms with Crippen molar-refractivity contribution in [2.75, 3.05) is 26.2 Å². The second-order valence-electron chi connectivity index (χ2n) is 2.85. The average Bonchev–Trinajstić information content (AvgIpc) is 1.98. The molecule has 0 aliphatic carbocycles. The fourth-order valence-electron chi connectivity index (χ4n) is 1.21. The third-order valence-corrected chi connectivity index (χ3v) is 1.95. The Labute approximate surface area is 66.2 Å². The lowest BCUT2D eigenvalue weighted by Gasteiger charge is -2.32. The number of aliphatic hydroxyl groups excluding tert-OH is 1. The first-order valence-electron chi connectivity index (χ1n) is 3.85. The molecule has 0 aromatic heterocycles. The van der Waals surface area contributed by atoms with Crippen LogP contribution >= 0.6 is 0 Å². The summed E-state index contributed by atoms with van der Waals surface area (Å²) in [6, 6.07) is 0.347. The third kappa shape index (κ3) is 2.17. The van der Waals surface area contributed by atoms with Gasteiger partial charge in [0, 0.05) is 19.1 Å². The molecular weight excluding hydrogens is 144 g/mol. The van der Waals surface area contributed by atoms with Crippen LogP contribution in [0.5, 0.6) is 0 Å². The Bertz CT molecular complexity index is 149. The molecule has 4 heteroatoms. The number of rotatable bonds is 2. The number of nitrogens with zero attached hydrogens (tertiary/aromatic N) is 1. The molecule has 1 aliphatic heterocycles. The molecule has 1 aliphatic rings. The topological polar surface area (TPSA) is 52.6 Å². The summed E-state index contributed by atoms with van der Waals surface area (Å²) in [6.45, 7) is 3.86. The van der Waals surface area contributed by atoms with Crippen molar-refractivity contribution in [2.24, 2.45) is 0 Å². The highest BCUT2D eigenvalue weighted by molar-refractivity contribution is 5.78. The lowest BCUT2D eigenvalue weighted by Crippen LogP contribution is -2.53. The Balaban J connectivity index is 2.40. The van der Waals surface area contributed by atoms with Gasteiger partial charge >= 0.3 is 0 Å². The Hall–Kier alpha value is -0.610. The fourth-order valence-corrected chi connectivity index (χ4v) is 1.21. The summed E-state index contributed by atoms with van der Waals surface area (Å²) < 4.78 is 0. The van der Waals surface area contributed by atoms with Gasteiger partial charge in [0.1, 0.15) is 0 Å². The van der Waals surface area contributed by atoms with E-state index < -0.39 is 0 Å². The molecule has 2 N–H and O–H groups in total. The van der Waals surface area contributed by atoms with E-state index in [9.17, 15) is 4.79 Å². The molecule has 0 aromatic carbocycles. The van der Waals surface area contributed by atoms with Crippen molar-refractivity contribution in [3.05, 3.63) is 0 Å². The van der Waals surface area contributed by atoms with Crippen LogP contribution in [0, 0.1) is 0 Å². The summed E-state index contributed by atoms with van der Waals surface area (Å²) in [6.07, 6.45) is 0. The number of aliphatic hydroxyl groups is 1. The zero-order valence-electron chi connectivity index (χ0n) is 6.71. The van der Waals surface area contributed by atoms with E-state index in [2.05, 4.69) is 5.32 Å². The monoisotopic (exact) mass is 158 g/mol. The highest BCUT2D eigenvalue weighted by Gasteiger charge is 2.21. The van der Waals surface area contributed by atoms with E-state index in [1.165, 1.54) is 0 Å². The van der Waals surface area contributed by atoms with Crippen LogP contribution in [0.4, 0.5) is 0 Å². The van der Waals surface area contributed by atoms with E-state index in [4.69, 9.17) is 5.11 Å². The molecule has 0 aromatic rings. The molecule has 0 radical (unpaired) electrons. The Morgan fingerprint density at radius 2 is 2.55 bits per heavy atom. The smallest absolute Gasteiger partial charge is 0.234 e. The minimum absolute atomic E-state index is 0.0524. The van der Waals surface area contributed by atoms with Crippen molar-refractivity contribution < 1.29 is 9.90 Å². The summed E-state index contributed by atoms with van der Waals surface area (Å²) in [7, 11) is 0. The Morgan fingerprint density at radius 3 is 3.18 bits per heavy atom. The summed E-state index contributed by atoms with van der Waals surface area (Å²) in [5.74, 6) is 0.0524. The van der Waals surface area contributed by atoms with Crippen molar-refractivity contribution in [2.45, 2.75) is 13.0 Å². The Morgan fingerprint density at radius 1 is 1.82 bits per heavy atom. The average molecular weight is 158 g/mol. The molecule has 1 amide bonds. The van der Waals surface area contributed by atoms with Gasteiger partial charge in [-0.05, 0) is 6.92 Å². The van der Waals surface area contributed by atoms with Gasteiger partial charge in [-0.2, -0.15) is 0 Å². The molecule has 1 atom stereocenters. The van der Waals surface area contributed by atoms with Gasteiger partial charge in [0.25, 0.3) is 0 Å². The number of nitrogens with one attached hydrogen (secondary N) is 1. The van der Waals surface area contributed by atoms with Crippen molar-refractivity contribution in [1.29, 1.82) is 0 Å². The van der Waals surface area contributed by atoms with E-state index in [0.29, 0.717) is 25.7 Å². The van der Waals surface area contributed by atoms with Crippen molar-refractivity contribution in [3.8, 4) is 0 Å². The molecule has 4 nitrogen and oxygen atoms in total. The van der Waals surface area contributed by atoms with Crippen LogP contribution in [-0.2, 0) is 4.79 Å².